The first-order valence-corrected chi connectivity index (χ1v) is 8.40. The molecule has 1 heterocycles. The van der Waals surface area contributed by atoms with E-state index in [-0.39, 0.29) is 35.4 Å². The fraction of sp³-hybridized carbons (Fsp3) is 0.316. The van der Waals surface area contributed by atoms with Crippen LogP contribution < -0.4 is 10.9 Å². The van der Waals surface area contributed by atoms with Crippen LogP contribution in [0.3, 0.4) is 0 Å². The number of H-pyrrole nitrogens is 1. The van der Waals surface area contributed by atoms with Crippen LogP contribution in [-0.4, -0.2) is 34.8 Å². The van der Waals surface area contributed by atoms with Crippen LogP contribution in [0.1, 0.15) is 44.7 Å². The van der Waals surface area contributed by atoms with E-state index in [1.165, 1.54) is 24.2 Å². The average molecular weight is 357 g/mol. The van der Waals surface area contributed by atoms with Crippen LogP contribution in [0, 0.1) is 12.7 Å². The lowest BCUT2D eigenvalue weighted by molar-refractivity contribution is 0.0782. The van der Waals surface area contributed by atoms with Gasteiger partial charge in [-0.2, -0.15) is 0 Å². The molecule has 1 aliphatic carbocycles. The van der Waals surface area contributed by atoms with Gasteiger partial charge in [0.1, 0.15) is 11.4 Å². The van der Waals surface area contributed by atoms with Gasteiger partial charge in [-0.15, -0.1) is 0 Å². The predicted octanol–water partition coefficient (Wildman–Crippen LogP) is 1.99. The molecule has 7 heteroatoms. The Morgan fingerprint density at radius 3 is 2.77 bits per heavy atom. The summed E-state index contributed by atoms with van der Waals surface area (Å²) in [4.78, 5) is 40.5. The first kappa shape index (κ1) is 17.8. The Hall–Kier alpha value is -2.96. The van der Waals surface area contributed by atoms with Crippen molar-refractivity contribution < 1.29 is 14.0 Å². The summed E-state index contributed by atoms with van der Waals surface area (Å²) >= 11 is 0. The molecular formula is C19H20FN3O3. The Bertz CT molecular complexity index is 918. The third kappa shape index (κ3) is 3.82. The number of hydrogen-bond donors (Lipinski definition) is 2. The van der Waals surface area contributed by atoms with Crippen LogP contribution in [0.5, 0.6) is 0 Å². The number of aryl methyl sites for hydroxylation is 1. The molecular weight excluding hydrogens is 337 g/mol. The van der Waals surface area contributed by atoms with Crippen LogP contribution in [0.4, 0.5) is 4.39 Å². The number of pyridine rings is 1. The summed E-state index contributed by atoms with van der Waals surface area (Å²) < 4.78 is 14.1. The van der Waals surface area contributed by atoms with E-state index in [1.54, 1.807) is 25.1 Å². The van der Waals surface area contributed by atoms with Crippen LogP contribution in [0.15, 0.2) is 35.3 Å². The van der Waals surface area contributed by atoms with Crippen molar-refractivity contribution in [1.29, 1.82) is 0 Å². The average Bonchev–Trinajstić information content (AvgIpc) is 3.42. The van der Waals surface area contributed by atoms with Gasteiger partial charge in [-0.05, 0) is 31.4 Å². The second kappa shape index (κ2) is 7.11. The van der Waals surface area contributed by atoms with E-state index >= 15 is 0 Å². The maximum Gasteiger partial charge on any atom is 0.260 e. The first-order valence-electron chi connectivity index (χ1n) is 8.40. The topological polar surface area (TPSA) is 82.3 Å². The van der Waals surface area contributed by atoms with Crippen molar-refractivity contribution in [1.82, 2.24) is 15.2 Å². The third-order valence-electron chi connectivity index (χ3n) is 4.33. The molecule has 0 atom stereocenters. The molecule has 2 amide bonds. The van der Waals surface area contributed by atoms with Crippen molar-refractivity contribution in [3.8, 4) is 0 Å². The minimum Gasteiger partial charge on any atom is -0.349 e. The number of carbonyl (C=O) groups is 2. The zero-order valence-electron chi connectivity index (χ0n) is 14.6. The molecule has 0 aliphatic heterocycles. The molecule has 1 saturated carbocycles. The highest BCUT2D eigenvalue weighted by Crippen LogP contribution is 2.19. The number of nitrogens with zero attached hydrogens (tertiary/aromatic N) is 1. The minimum atomic E-state index is -0.588. The molecule has 0 unspecified atom stereocenters. The zero-order valence-corrected chi connectivity index (χ0v) is 14.6. The summed E-state index contributed by atoms with van der Waals surface area (Å²) in [6.45, 7) is 1.66. The van der Waals surface area contributed by atoms with Crippen LogP contribution in [0.2, 0.25) is 0 Å². The monoisotopic (exact) mass is 357 g/mol. The van der Waals surface area contributed by atoms with Crippen LogP contribution in [-0.2, 0) is 6.54 Å². The molecule has 6 nitrogen and oxygen atoms in total. The summed E-state index contributed by atoms with van der Waals surface area (Å²) in [7, 11) is 1.49. The van der Waals surface area contributed by atoms with Crippen LogP contribution >= 0.6 is 0 Å². The van der Waals surface area contributed by atoms with Gasteiger partial charge in [-0.25, -0.2) is 4.39 Å². The maximum atomic E-state index is 14.1. The predicted molar refractivity (Wildman–Crippen MR) is 94.5 cm³/mol. The molecule has 1 aromatic carbocycles. The molecule has 0 bridgehead atoms. The largest absolute Gasteiger partial charge is 0.349 e. The van der Waals surface area contributed by atoms with E-state index in [2.05, 4.69) is 10.3 Å². The fourth-order valence-electron chi connectivity index (χ4n) is 2.63. The summed E-state index contributed by atoms with van der Waals surface area (Å²) in [6, 6.07) is 6.40. The smallest absolute Gasteiger partial charge is 0.260 e. The lowest BCUT2D eigenvalue weighted by Crippen LogP contribution is -2.33. The standard InChI is InChI=1S/C19H20FN3O3/c1-11-4-3-5-12(16(11)20)10-23(2)19(26)15-8-13(9-21-18(15)25)17(24)22-14-6-7-14/h3-5,8-9,14H,6-7,10H2,1-2H3,(H,21,25)(H,22,24). The molecule has 2 aromatic rings. The minimum absolute atomic E-state index is 0.0181. The molecule has 0 radical (unpaired) electrons. The second-order valence-electron chi connectivity index (χ2n) is 6.59. The van der Waals surface area contributed by atoms with Gasteiger partial charge >= 0.3 is 0 Å². The number of hydrogen-bond acceptors (Lipinski definition) is 3. The highest BCUT2D eigenvalue weighted by Gasteiger charge is 2.25. The van der Waals surface area contributed by atoms with Crippen molar-refractivity contribution in [3.63, 3.8) is 0 Å². The molecule has 1 aliphatic rings. The number of rotatable bonds is 5. The molecule has 26 heavy (non-hydrogen) atoms. The van der Waals surface area contributed by atoms with Crippen molar-refractivity contribution in [2.75, 3.05) is 7.05 Å². The van der Waals surface area contributed by atoms with Crippen LogP contribution in [0.25, 0.3) is 0 Å². The number of nitrogens with one attached hydrogen (secondary N) is 2. The lowest BCUT2D eigenvalue weighted by atomic mass is 10.1. The van der Waals surface area contributed by atoms with Crippen molar-refractivity contribution in [2.45, 2.75) is 32.4 Å². The normalized spacial score (nSPS) is 13.3. The summed E-state index contributed by atoms with van der Waals surface area (Å²) in [5.41, 5.74) is 0.327. The molecule has 1 fully saturated rings. The quantitative estimate of drug-likeness (QED) is 0.858. The van der Waals surface area contributed by atoms with E-state index in [9.17, 15) is 18.8 Å². The summed E-state index contributed by atoms with van der Waals surface area (Å²) in [5, 5.41) is 2.80. The number of aromatic nitrogens is 1. The Kier molecular flexibility index (Phi) is 4.88. The van der Waals surface area contributed by atoms with Gasteiger partial charge < -0.3 is 15.2 Å². The van der Waals surface area contributed by atoms with E-state index in [0.717, 1.165) is 12.8 Å². The maximum absolute atomic E-state index is 14.1. The molecule has 1 aromatic heterocycles. The lowest BCUT2D eigenvalue weighted by Gasteiger charge is -2.18. The van der Waals surface area contributed by atoms with Gasteiger partial charge in [-0.3, -0.25) is 14.4 Å². The first-order chi connectivity index (χ1) is 12.4. The summed E-state index contributed by atoms with van der Waals surface area (Å²) in [5.74, 6) is -1.28. The Labute approximate surface area is 150 Å². The van der Waals surface area contributed by atoms with Crippen molar-refractivity contribution in [2.24, 2.45) is 0 Å². The zero-order chi connectivity index (χ0) is 18.8. The van der Waals surface area contributed by atoms with E-state index in [0.29, 0.717) is 11.1 Å². The van der Waals surface area contributed by atoms with Gasteiger partial charge in [0.15, 0.2) is 0 Å². The van der Waals surface area contributed by atoms with Gasteiger partial charge in [0.2, 0.25) is 0 Å². The van der Waals surface area contributed by atoms with Gasteiger partial charge in [0, 0.05) is 31.4 Å². The molecule has 0 spiro atoms. The molecule has 136 valence electrons. The number of aromatic amines is 1. The van der Waals surface area contributed by atoms with Gasteiger partial charge in [0.25, 0.3) is 17.4 Å². The Morgan fingerprint density at radius 1 is 1.35 bits per heavy atom. The molecule has 2 N–H and O–H groups in total. The van der Waals surface area contributed by atoms with E-state index in [1.807, 2.05) is 0 Å². The number of amides is 2. The fourth-order valence-corrected chi connectivity index (χ4v) is 2.63. The van der Waals surface area contributed by atoms with Gasteiger partial charge in [0.05, 0.1) is 5.56 Å². The SMILES string of the molecule is Cc1cccc(CN(C)C(=O)c2cc(C(=O)NC3CC3)c[nH]c2=O)c1F. The third-order valence-corrected chi connectivity index (χ3v) is 4.33. The number of carbonyl (C=O) groups excluding carboxylic acids is 2. The number of halogens is 1. The van der Waals surface area contributed by atoms with Crippen molar-refractivity contribution in [3.05, 3.63) is 68.9 Å². The second-order valence-corrected chi connectivity index (χ2v) is 6.59. The highest BCUT2D eigenvalue weighted by atomic mass is 19.1. The van der Waals surface area contributed by atoms with Crippen molar-refractivity contribution >= 4 is 11.8 Å². The Balaban J connectivity index is 1.80. The van der Waals surface area contributed by atoms with E-state index < -0.39 is 11.5 Å². The molecule has 3 rings (SSSR count). The molecule has 0 saturated heterocycles. The van der Waals surface area contributed by atoms with E-state index in [4.69, 9.17) is 0 Å². The number of benzene rings is 1. The highest BCUT2D eigenvalue weighted by molar-refractivity contribution is 5.99. The van der Waals surface area contributed by atoms with Gasteiger partial charge in [-0.1, -0.05) is 18.2 Å². The summed E-state index contributed by atoms with van der Waals surface area (Å²) in [6.07, 6.45) is 3.16. The Morgan fingerprint density at radius 2 is 2.08 bits per heavy atom.